The molecule has 0 radical (unpaired) electrons. The van der Waals surface area contributed by atoms with Crippen LogP contribution in [0.4, 0.5) is 11.4 Å². The van der Waals surface area contributed by atoms with Gasteiger partial charge in [-0.1, -0.05) is 19.1 Å². The number of benzene rings is 2. The number of anilines is 1. The Labute approximate surface area is 140 Å². The highest BCUT2D eigenvalue weighted by molar-refractivity contribution is 5.94. The van der Waals surface area contributed by atoms with Gasteiger partial charge in [-0.25, -0.2) is 0 Å². The van der Waals surface area contributed by atoms with Gasteiger partial charge >= 0.3 is 0 Å². The summed E-state index contributed by atoms with van der Waals surface area (Å²) in [6, 6.07) is 11.5. The Bertz CT molecular complexity index is 758. The number of carbonyl (C=O) groups is 1. The average molecular weight is 328 g/mol. The van der Waals surface area contributed by atoms with Gasteiger partial charge in [0, 0.05) is 17.8 Å². The van der Waals surface area contributed by atoms with Crippen molar-refractivity contribution in [2.45, 2.75) is 33.3 Å². The molecule has 0 spiro atoms. The van der Waals surface area contributed by atoms with Crippen molar-refractivity contribution in [1.82, 2.24) is 0 Å². The van der Waals surface area contributed by atoms with Crippen LogP contribution in [0.2, 0.25) is 0 Å². The van der Waals surface area contributed by atoms with E-state index in [2.05, 4.69) is 5.32 Å². The minimum absolute atomic E-state index is 0.0732. The number of aryl methyl sites for hydroxylation is 2. The van der Waals surface area contributed by atoms with Crippen LogP contribution in [-0.2, 0) is 4.79 Å². The minimum atomic E-state index is -0.675. The standard InChI is InChI=1S/C18H20N2O4/c1-4-17(24-16-9-8-12(2)13(3)10-16)18(21)19-14-6-5-7-15(11-14)20(22)23/h5-11,17H,4H2,1-3H3,(H,19,21)/t17-/m0/s1. The second kappa shape index (κ2) is 7.59. The van der Waals surface area contributed by atoms with Gasteiger partial charge in [0.2, 0.25) is 0 Å². The molecule has 1 N–H and O–H groups in total. The Morgan fingerprint density at radius 3 is 2.58 bits per heavy atom. The van der Waals surface area contributed by atoms with Crippen LogP contribution < -0.4 is 10.1 Å². The first-order valence-electron chi connectivity index (χ1n) is 7.70. The van der Waals surface area contributed by atoms with E-state index >= 15 is 0 Å². The fraction of sp³-hybridized carbons (Fsp3) is 0.278. The maximum absolute atomic E-state index is 12.4. The molecule has 2 rings (SSSR count). The number of nitro groups is 1. The number of nitrogens with one attached hydrogen (secondary N) is 1. The summed E-state index contributed by atoms with van der Waals surface area (Å²) < 4.78 is 5.77. The van der Waals surface area contributed by atoms with Gasteiger partial charge in [0.05, 0.1) is 4.92 Å². The molecule has 24 heavy (non-hydrogen) atoms. The van der Waals surface area contributed by atoms with Crippen LogP contribution >= 0.6 is 0 Å². The maximum Gasteiger partial charge on any atom is 0.271 e. The number of non-ortho nitro benzene ring substituents is 1. The normalized spacial score (nSPS) is 11.6. The average Bonchev–Trinajstić information content (AvgIpc) is 2.55. The second-order valence-electron chi connectivity index (χ2n) is 5.56. The van der Waals surface area contributed by atoms with Crippen molar-refractivity contribution in [3.63, 3.8) is 0 Å². The molecule has 126 valence electrons. The van der Waals surface area contributed by atoms with Crippen molar-refractivity contribution in [1.29, 1.82) is 0 Å². The number of carbonyl (C=O) groups excluding carboxylic acids is 1. The van der Waals surface area contributed by atoms with Crippen molar-refractivity contribution in [2.75, 3.05) is 5.32 Å². The van der Waals surface area contributed by atoms with Crippen molar-refractivity contribution in [3.8, 4) is 5.75 Å². The van der Waals surface area contributed by atoms with E-state index in [1.807, 2.05) is 39.0 Å². The smallest absolute Gasteiger partial charge is 0.271 e. The number of hydrogen-bond donors (Lipinski definition) is 1. The number of amides is 1. The molecular weight excluding hydrogens is 308 g/mol. The Kier molecular flexibility index (Phi) is 5.52. The highest BCUT2D eigenvalue weighted by atomic mass is 16.6. The zero-order chi connectivity index (χ0) is 17.7. The van der Waals surface area contributed by atoms with E-state index < -0.39 is 11.0 Å². The van der Waals surface area contributed by atoms with E-state index in [1.54, 1.807) is 6.07 Å². The highest BCUT2D eigenvalue weighted by Gasteiger charge is 2.19. The number of nitro benzene ring substituents is 1. The van der Waals surface area contributed by atoms with Crippen molar-refractivity contribution >= 4 is 17.3 Å². The first-order valence-corrected chi connectivity index (χ1v) is 7.70. The SMILES string of the molecule is CC[C@H](Oc1ccc(C)c(C)c1)C(=O)Nc1cccc([N+](=O)[O-])c1. The van der Waals surface area contributed by atoms with Gasteiger partial charge in [0.1, 0.15) is 5.75 Å². The Hall–Kier alpha value is -2.89. The lowest BCUT2D eigenvalue weighted by atomic mass is 10.1. The predicted octanol–water partition coefficient (Wildman–Crippen LogP) is 4.01. The molecule has 2 aromatic carbocycles. The molecule has 2 aromatic rings. The summed E-state index contributed by atoms with van der Waals surface area (Å²) >= 11 is 0. The van der Waals surface area contributed by atoms with Crippen LogP contribution in [0.1, 0.15) is 24.5 Å². The molecular formula is C18H20N2O4. The largest absolute Gasteiger partial charge is 0.481 e. The summed E-state index contributed by atoms with van der Waals surface area (Å²) in [4.78, 5) is 22.7. The predicted molar refractivity (Wildman–Crippen MR) is 92.3 cm³/mol. The summed E-state index contributed by atoms with van der Waals surface area (Å²) in [7, 11) is 0. The molecule has 1 atom stereocenters. The Morgan fingerprint density at radius 2 is 1.96 bits per heavy atom. The molecule has 0 saturated heterocycles. The fourth-order valence-electron chi connectivity index (χ4n) is 2.19. The summed E-state index contributed by atoms with van der Waals surface area (Å²) in [6.45, 7) is 5.83. The molecule has 1 amide bonds. The third-order valence-corrected chi connectivity index (χ3v) is 3.74. The lowest BCUT2D eigenvalue weighted by Crippen LogP contribution is -2.32. The van der Waals surface area contributed by atoms with Crippen LogP contribution in [-0.4, -0.2) is 16.9 Å². The van der Waals surface area contributed by atoms with Crippen LogP contribution in [0, 0.1) is 24.0 Å². The topological polar surface area (TPSA) is 81.5 Å². The molecule has 0 heterocycles. The fourth-order valence-corrected chi connectivity index (χ4v) is 2.19. The van der Waals surface area contributed by atoms with Gasteiger partial charge < -0.3 is 10.1 Å². The quantitative estimate of drug-likeness (QED) is 0.641. The number of hydrogen-bond acceptors (Lipinski definition) is 4. The summed E-state index contributed by atoms with van der Waals surface area (Å²) in [5.41, 5.74) is 2.53. The van der Waals surface area contributed by atoms with E-state index in [1.165, 1.54) is 18.2 Å². The molecule has 0 aromatic heterocycles. The summed E-state index contributed by atoms with van der Waals surface area (Å²) in [6.07, 6.45) is -0.195. The third kappa shape index (κ3) is 4.32. The Morgan fingerprint density at radius 1 is 1.21 bits per heavy atom. The number of ether oxygens (including phenoxy) is 1. The van der Waals surface area contributed by atoms with E-state index in [0.29, 0.717) is 17.9 Å². The van der Waals surface area contributed by atoms with E-state index in [9.17, 15) is 14.9 Å². The lowest BCUT2D eigenvalue weighted by molar-refractivity contribution is -0.384. The van der Waals surface area contributed by atoms with E-state index in [0.717, 1.165) is 11.1 Å². The first-order chi connectivity index (χ1) is 11.4. The lowest BCUT2D eigenvalue weighted by Gasteiger charge is -2.18. The van der Waals surface area contributed by atoms with Crippen molar-refractivity contribution in [2.24, 2.45) is 0 Å². The van der Waals surface area contributed by atoms with Gasteiger partial charge in [0.15, 0.2) is 6.10 Å². The summed E-state index contributed by atoms with van der Waals surface area (Å²) in [5.74, 6) is 0.287. The third-order valence-electron chi connectivity index (χ3n) is 3.74. The van der Waals surface area contributed by atoms with Gasteiger partial charge in [-0.05, 0) is 49.6 Å². The molecule has 0 aliphatic heterocycles. The molecule has 0 fully saturated rings. The van der Waals surface area contributed by atoms with E-state index in [-0.39, 0.29) is 11.6 Å². The van der Waals surface area contributed by atoms with Crippen LogP contribution in [0.25, 0.3) is 0 Å². The number of nitrogens with zero attached hydrogens (tertiary/aromatic N) is 1. The zero-order valence-corrected chi connectivity index (χ0v) is 13.9. The van der Waals surface area contributed by atoms with Crippen molar-refractivity contribution in [3.05, 3.63) is 63.7 Å². The van der Waals surface area contributed by atoms with Crippen molar-refractivity contribution < 1.29 is 14.5 Å². The second-order valence-corrected chi connectivity index (χ2v) is 5.56. The van der Waals surface area contributed by atoms with Gasteiger partial charge in [-0.3, -0.25) is 14.9 Å². The van der Waals surface area contributed by atoms with E-state index in [4.69, 9.17) is 4.74 Å². The number of rotatable bonds is 6. The van der Waals surface area contributed by atoms with Gasteiger partial charge in [-0.2, -0.15) is 0 Å². The molecule has 0 unspecified atom stereocenters. The monoisotopic (exact) mass is 328 g/mol. The highest BCUT2D eigenvalue weighted by Crippen LogP contribution is 2.20. The van der Waals surface area contributed by atoms with Crippen LogP contribution in [0.5, 0.6) is 5.75 Å². The molecule has 0 aliphatic rings. The summed E-state index contributed by atoms with van der Waals surface area (Å²) in [5, 5.41) is 13.5. The zero-order valence-electron chi connectivity index (χ0n) is 13.9. The molecule has 6 heteroatoms. The van der Waals surface area contributed by atoms with Gasteiger partial charge in [-0.15, -0.1) is 0 Å². The van der Waals surface area contributed by atoms with Gasteiger partial charge in [0.25, 0.3) is 11.6 Å². The minimum Gasteiger partial charge on any atom is -0.481 e. The van der Waals surface area contributed by atoms with Crippen LogP contribution in [0.3, 0.4) is 0 Å². The molecule has 0 saturated carbocycles. The first kappa shape index (κ1) is 17.5. The molecule has 6 nitrogen and oxygen atoms in total. The molecule has 0 aliphatic carbocycles. The molecule has 0 bridgehead atoms. The Balaban J connectivity index is 2.09. The maximum atomic E-state index is 12.4. The van der Waals surface area contributed by atoms with Crippen LogP contribution in [0.15, 0.2) is 42.5 Å².